The van der Waals surface area contributed by atoms with Crippen molar-refractivity contribution in [2.24, 2.45) is 11.7 Å². The van der Waals surface area contributed by atoms with E-state index >= 15 is 0 Å². The number of benzene rings is 1. The second-order valence-corrected chi connectivity index (χ2v) is 6.05. The maximum atomic E-state index is 13.7. The van der Waals surface area contributed by atoms with E-state index < -0.39 is 10.7 Å². The first-order chi connectivity index (χ1) is 8.90. The first-order valence-corrected chi connectivity index (χ1v) is 7.12. The fraction of sp³-hybridized carbons (Fsp3) is 0.500. The lowest BCUT2D eigenvalue weighted by atomic mass is 9.94. The van der Waals surface area contributed by atoms with Crippen LogP contribution in [0.5, 0.6) is 0 Å². The molecule has 19 heavy (non-hydrogen) atoms. The van der Waals surface area contributed by atoms with Crippen LogP contribution >= 0.6 is 22.6 Å². The van der Waals surface area contributed by atoms with Crippen molar-refractivity contribution in [3.05, 3.63) is 31.6 Å². The molecule has 0 bridgehead atoms. The zero-order chi connectivity index (χ0) is 14.2. The Hall–Kier alpha value is -0.960. The predicted molar refractivity (Wildman–Crippen MR) is 79.7 cm³/mol. The average Bonchev–Trinajstić information content (AvgIpc) is 2.35. The third kappa shape index (κ3) is 2.97. The minimum Gasteiger partial charge on any atom is -0.364 e. The van der Waals surface area contributed by atoms with Gasteiger partial charge in [0.2, 0.25) is 0 Å². The molecule has 0 spiro atoms. The van der Waals surface area contributed by atoms with E-state index in [9.17, 15) is 14.5 Å². The monoisotopic (exact) mass is 379 g/mol. The zero-order valence-corrected chi connectivity index (χ0v) is 12.6. The van der Waals surface area contributed by atoms with E-state index in [4.69, 9.17) is 5.73 Å². The first kappa shape index (κ1) is 14.4. The van der Waals surface area contributed by atoms with E-state index in [1.807, 2.05) is 4.90 Å². The Labute approximate surface area is 124 Å². The van der Waals surface area contributed by atoms with Gasteiger partial charge in [-0.2, -0.15) is 0 Å². The molecule has 104 valence electrons. The Balaban J connectivity index is 2.38. The van der Waals surface area contributed by atoms with Crippen molar-refractivity contribution >= 4 is 34.0 Å². The number of piperidine rings is 1. The summed E-state index contributed by atoms with van der Waals surface area (Å²) < 4.78 is 13.9. The van der Waals surface area contributed by atoms with Crippen LogP contribution in [-0.2, 0) is 0 Å². The van der Waals surface area contributed by atoms with Crippen molar-refractivity contribution in [1.29, 1.82) is 0 Å². The average molecular weight is 379 g/mol. The third-order valence-electron chi connectivity index (χ3n) is 3.57. The van der Waals surface area contributed by atoms with Gasteiger partial charge in [-0.15, -0.1) is 0 Å². The molecule has 0 amide bonds. The van der Waals surface area contributed by atoms with Crippen molar-refractivity contribution < 1.29 is 9.31 Å². The van der Waals surface area contributed by atoms with E-state index in [-0.39, 0.29) is 15.3 Å². The lowest BCUT2D eigenvalue weighted by Crippen LogP contribution is -2.47. The van der Waals surface area contributed by atoms with Crippen molar-refractivity contribution in [3.63, 3.8) is 0 Å². The number of hydrogen-bond donors (Lipinski definition) is 1. The fourth-order valence-electron chi connectivity index (χ4n) is 2.24. The second-order valence-electron chi connectivity index (χ2n) is 4.89. The largest absolute Gasteiger partial charge is 0.364 e. The van der Waals surface area contributed by atoms with Crippen LogP contribution in [0.2, 0.25) is 0 Å². The summed E-state index contributed by atoms with van der Waals surface area (Å²) in [5, 5.41) is 11.1. The minimum absolute atomic E-state index is 0.0457. The molecule has 2 atom stereocenters. The molecule has 0 aromatic heterocycles. The summed E-state index contributed by atoms with van der Waals surface area (Å²) >= 11 is 1.76. The van der Waals surface area contributed by atoms with E-state index in [1.165, 1.54) is 12.1 Å². The van der Waals surface area contributed by atoms with Crippen molar-refractivity contribution in [2.75, 3.05) is 18.0 Å². The van der Waals surface area contributed by atoms with Crippen LogP contribution in [0.3, 0.4) is 0 Å². The molecule has 7 heteroatoms. The highest BCUT2D eigenvalue weighted by atomic mass is 127. The predicted octanol–water partition coefficient (Wildman–Crippen LogP) is 2.51. The number of nitro benzene ring substituents is 1. The summed E-state index contributed by atoms with van der Waals surface area (Å²) in [7, 11) is 0. The van der Waals surface area contributed by atoms with E-state index in [2.05, 4.69) is 6.92 Å². The number of nitro groups is 1. The van der Waals surface area contributed by atoms with Gasteiger partial charge < -0.3 is 10.6 Å². The van der Waals surface area contributed by atoms with Crippen LogP contribution in [0.15, 0.2) is 12.1 Å². The Kier molecular flexibility index (Phi) is 4.24. The zero-order valence-electron chi connectivity index (χ0n) is 10.5. The first-order valence-electron chi connectivity index (χ1n) is 6.04. The number of halogens is 2. The summed E-state index contributed by atoms with van der Waals surface area (Å²) in [5.41, 5.74) is 6.26. The Morgan fingerprint density at radius 2 is 2.26 bits per heavy atom. The Morgan fingerprint density at radius 3 is 2.84 bits per heavy atom. The summed E-state index contributed by atoms with van der Waals surface area (Å²) in [4.78, 5) is 12.4. The number of rotatable bonds is 2. The van der Waals surface area contributed by atoms with Gasteiger partial charge in [0.05, 0.1) is 8.49 Å². The molecular weight excluding hydrogens is 364 g/mol. The molecule has 2 rings (SSSR count). The smallest absolute Gasteiger partial charge is 0.293 e. The van der Waals surface area contributed by atoms with Crippen molar-refractivity contribution in [1.82, 2.24) is 0 Å². The maximum Gasteiger partial charge on any atom is 0.293 e. The standard InChI is InChI=1S/C12H15FIN3O2/c1-7-2-3-16(6-10(7)15)11-4-8(13)9(14)5-12(11)17(18)19/h4-5,7,10H,2-3,6,15H2,1H3. The summed E-state index contributed by atoms with van der Waals surface area (Å²) in [6, 6.07) is 2.47. The van der Waals surface area contributed by atoms with E-state index in [0.717, 1.165) is 6.42 Å². The van der Waals surface area contributed by atoms with E-state index in [0.29, 0.717) is 24.7 Å². The van der Waals surface area contributed by atoms with Crippen LogP contribution in [-0.4, -0.2) is 24.1 Å². The van der Waals surface area contributed by atoms with Gasteiger partial charge in [-0.05, 0) is 34.9 Å². The number of anilines is 1. The minimum atomic E-state index is -0.472. The molecule has 0 aliphatic carbocycles. The van der Waals surface area contributed by atoms with Crippen LogP contribution in [0.25, 0.3) is 0 Å². The van der Waals surface area contributed by atoms with Crippen LogP contribution in [0.4, 0.5) is 15.8 Å². The molecule has 1 saturated heterocycles. The van der Waals surface area contributed by atoms with Gasteiger partial charge in [0.15, 0.2) is 0 Å². The van der Waals surface area contributed by atoms with Crippen LogP contribution < -0.4 is 10.6 Å². The van der Waals surface area contributed by atoms with Crippen molar-refractivity contribution in [3.8, 4) is 0 Å². The normalized spacial score (nSPS) is 23.5. The van der Waals surface area contributed by atoms with Gasteiger partial charge in [0.25, 0.3) is 5.69 Å². The molecule has 5 nitrogen and oxygen atoms in total. The highest BCUT2D eigenvalue weighted by Crippen LogP contribution is 2.33. The highest BCUT2D eigenvalue weighted by Gasteiger charge is 2.28. The molecule has 1 heterocycles. The molecule has 0 radical (unpaired) electrons. The van der Waals surface area contributed by atoms with Gasteiger partial charge in [-0.3, -0.25) is 10.1 Å². The third-order valence-corrected chi connectivity index (χ3v) is 4.40. The Bertz CT molecular complexity index is 512. The summed E-state index contributed by atoms with van der Waals surface area (Å²) in [5.74, 6) is -0.0580. The lowest BCUT2D eigenvalue weighted by Gasteiger charge is -2.36. The molecule has 1 fully saturated rings. The van der Waals surface area contributed by atoms with Gasteiger partial charge in [-0.1, -0.05) is 6.92 Å². The number of nitrogens with zero attached hydrogens (tertiary/aromatic N) is 2. The summed E-state index contributed by atoms with van der Waals surface area (Å²) in [6.45, 7) is 3.24. The summed E-state index contributed by atoms with van der Waals surface area (Å²) in [6.07, 6.45) is 0.853. The molecular formula is C12H15FIN3O2. The molecule has 1 aliphatic heterocycles. The van der Waals surface area contributed by atoms with Gasteiger partial charge in [0.1, 0.15) is 11.5 Å². The van der Waals surface area contributed by atoms with Gasteiger partial charge in [0, 0.05) is 31.3 Å². The SMILES string of the molecule is CC1CCN(c2cc(F)c(I)cc2[N+](=O)[O-])CC1N. The molecule has 0 saturated carbocycles. The number of hydrogen-bond acceptors (Lipinski definition) is 4. The van der Waals surface area contributed by atoms with E-state index in [1.54, 1.807) is 22.6 Å². The maximum absolute atomic E-state index is 13.7. The molecule has 1 aromatic rings. The van der Waals surface area contributed by atoms with Gasteiger partial charge >= 0.3 is 0 Å². The lowest BCUT2D eigenvalue weighted by molar-refractivity contribution is -0.384. The second kappa shape index (κ2) is 5.58. The molecule has 2 N–H and O–H groups in total. The molecule has 1 aromatic carbocycles. The molecule has 1 aliphatic rings. The molecule has 2 unspecified atom stereocenters. The van der Waals surface area contributed by atoms with Crippen molar-refractivity contribution in [2.45, 2.75) is 19.4 Å². The van der Waals surface area contributed by atoms with Crippen LogP contribution in [0, 0.1) is 25.4 Å². The fourth-order valence-corrected chi connectivity index (χ4v) is 2.69. The van der Waals surface area contributed by atoms with Crippen LogP contribution in [0.1, 0.15) is 13.3 Å². The highest BCUT2D eigenvalue weighted by molar-refractivity contribution is 14.1. The Morgan fingerprint density at radius 1 is 1.58 bits per heavy atom. The number of nitrogens with two attached hydrogens (primary N) is 1. The quantitative estimate of drug-likeness (QED) is 0.487. The topological polar surface area (TPSA) is 72.4 Å². The van der Waals surface area contributed by atoms with Gasteiger partial charge in [-0.25, -0.2) is 4.39 Å².